The second-order valence-electron chi connectivity index (χ2n) is 10.9. The van der Waals surface area contributed by atoms with E-state index in [1.807, 2.05) is 35.2 Å². The van der Waals surface area contributed by atoms with Crippen LogP contribution in [-0.2, 0) is 15.9 Å². The van der Waals surface area contributed by atoms with Crippen molar-refractivity contribution in [2.45, 2.75) is 64.2 Å². The molecule has 0 spiro atoms. The molecule has 2 saturated heterocycles. The summed E-state index contributed by atoms with van der Waals surface area (Å²) in [5, 5.41) is 2.08. The first-order valence-electron chi connectivity index (χ1n) is 12.6. The predicted octanol–water partition coefficient (Wildman–Crippen LogP) is 4.62. The molecule has 5 nitrogen and oxygen atoms in total. The van der Waals surface area contributed by atoms with Crippen molar-refractivity contribution >= 4 is 29.3 Å². The van der Waals surface area contributed by atoms with Crippen LogP contribution in [0.5, 0.6) is 0 Å². The van der Waals surface area contributed by atoms with Crippen LogP contribution in [0, 0.1) is 0 Å². The Hall–Kier alpha value is -2.67. The first kappa shape index (κ1) is 24.0. The van der Waals surface area contributed by atoms with Gasteiger partial charge in [-0.25, -0.2) is 0 Å². The molecule has 2 N–H and O–H groups in total. The van der Waals surface area contributed by atoms with E-state index < -0.39 is 18.3 Å². The molecule has 3 aromatic carbocycles. The van der Waals surface area contributed by atoms with Crippen LogP contribution in [0.4, 0.5) is 0 Å². The minimum absolute atomic E-state index is 0.0878. The lowest BCUT2D eigenvalue weighted by Crippen LogP contribution is -2.41. The summed E-state index contributed by atoms with van der Waals surface area (Å²) in [7, 11) is -0.464. The number of rotatable bonds is 4. The molecular weight excluding hydrogens is 435 g/mol. The van der Waals surface area contributed by atoms with Gasteiger partial charge < -0.3 is 19.9 Å². The van der Waals surface area contributed by atoms with Crippen LogP contribution in [0.25, 0.3) is 10.8 Å². The average molecular weight is 470 g/mol. The number of piperidine rings is 1. The van der Waals surface area contributed by atoms with E-state index in [-0.39, 0.29) is 5.91 Å². The van der Waals surface area contributed by atoms with Gasteiger partial charge in [-0.1, -0.05) is 48.5 Å². The molecule has 0 atom stereocenters. The summed E-state index contributed by atoms with van der Waals surface area (Å²) >= 11 is 0. The van der Waals surface area contributed by atoms with Crippen LogP contribution < -0.4 is 11.2 Å². The third-order valence-electron chi connectivity index (χ3n) is 8.11. The molecule has 3 aromatic rings. The van der Waals surface area contributed by atoms with E-state index in [0.717, 1.165) is 47.7 Å². The highest BCUT2D eigenvalue weighted by atomic mass is 16.7. The van der Waals surface area contributed by atoms with Crippen molar-refractivity contribution < 1.29 is 14.1 Å². The molecule has 0 bridgehead atoms. The van der Waals surface area contributed by atoms with Crippen molar-refractivity contribution in [3.63, 3.8) is 0 Å². The highest BCUT2D eigenvalue weighted by Gasteiger charge is 2.52. The number of amides is 1. The second kappa shape index (κ2) is 9.09. The number of benzene rings is 3. The smallest absolute Gasteiger partial charge is 0.399 e. The molecule has 35 heavy (non-hydrogen) atoms. The van der Waals surface area contributed by atoms with E-state index in [9.17, 15) is 4.79 Å². The second-order valence-corrected chi connectivity index (χ2v) is 10.9. The molecular formula is C29H35BN2O3. The van der Waals surface area contributed by atoms with Crippen molar-refractivity contribution in [1.29, 1.82) is 0 Å². The van der Waals surface area contributed by atoms with Crippen molar-refractivity contribution in [3.8, 4) is 0 Å². The number of hydrogen-bond donors (Lipinski definition) is 1. The standard InChI is InChI=1S/C29H35BN2O3/c1-28(2)29(3,4)35-30(34-28)26-10-6-8-22-11-12-24(18-25(22)26)27(33)32-15-13-21(14-16-32)23-9-5-7-20(17-23)19-31/h5-12,17-18,21H,13-16,19,31H2,1-4H3. The number of likely N-dealkylation sites (tertiary alicyclic amines) is 1. The Kier molecular flexibility index (Phi) is 6.24. The van der Waals surface area contributed by atoms with Crippen molar-refractivity contribution in [2.75, 3.05) is 13.1 Å². The van der Waals surface area contributed by atoms with E-state index >= 15 is 0 Å². The van der Waals surface area contributed by atoms with E-state index in [1.54, 1.807) is 0 Å². The number of hydrogen-bond acceptors (Lipinski definition) is 4. The van der Waals surface area contributed by atoms with Gasteiger partial charge in [0.2, 0.25) is 0 Å². The zero-order valence-corrected chi connectivity index (χ0v) is 21.2. The van der Waals surface area contributed by atoms with E-state index in [1.165, 1.54) is 5.56 Å². The first-order chi connectivity index (χ1) is 16.7. The highest BCUT2D eigenvalue weighted by Crippen LogP contribution is 2.37. The fourth-order valence-corrected chi connectivity index (χ4v) is 5.18. The van der Waals surface area contributed by atoms with Gasteiger partial charge in [-0.15, -0.1) is 0 Å². The number of fused-ring (bicyclic) bond motifs is 1. The van der Waals surface area contributed by atoms with Gasteiger partial charge in [0.25, 0.3) is 5.91 Å². The summed E-state index contributed by atoms with van der Waals surface area (Å²) in [6, 6.07) is 20.7. The minimum Gasteiger partial charge on any atom is -0.399 e. The number of carbonyl (C=O) groups is 1. The summed E-state index contributed by atoms with van der Waals surface area (Å²) in [5.41, 5.74) is 9.16. The lowest BCUT2D eigenvalue weighted by molar-refractivity contribution is 0.00578. The number of nitrogens with zero attached hydrogens (tertiary/aromatic N) is 1. The average Bonchev–Trinajstić information content (AvgIpc) is 3.09. The van der Waals surface area contributed by atoms with Gasteiger partial charge in [-0.05, 0) is 85.9 Å². The maximum atomic E-state index is 13.5. The Labute approximate surface area is 208 Å². The minimum atomic E-state index is -0.464. The summed E-state index contributed by atoms with van der Waals surface area (Å²) in [4.78, 5) is 15.5. The Morgan fingerprint density at radius 3 is 2.34 bits per heavy atom. The van der Waals surface area contributed by atoms with Crippen LogP contribution in [0.1, 0.15) is 67.9 Å². The summed E-state index contributed by atoms with van der Waals surface area (Å²) in [6.45, 7) is 10.3. The summed E-state index contributed by atoms with van der Waals surface area (Å²) in [6.07, 6.45) is 1.93. The Morgan fingerprint density at radius 2 is 1.66 bits per heavy atom. The Bertz CT molecular complexity index is 1230. The quantitative estimate of drug-likeness (QED) is 0.566. The van der Waals surface area contributed by atoms with Crippen LogP contribution in [0.2, 0.25) is 0 Å². The summed E-state index contributed by atoms with van der Waals surface area (Å²) < 4.78 is 12.6. The zero-order valence-electron chi connectivity index (χ0n) is 21.2. The van der Waals surface area contributed by atoms with Crippen LogP contribution in [-0.4, -0.2) is 42.2 Å². The van der Waals surface area contributed by atoms with Gasteiger partial charge in [-0.3, -0.25) is 4.79 Å². The Morgan fingerprint density at radius 1 is 0.971 bits per heavy atom. The van der Waals surface area contributed by atoms with E-state index in [0.29, 0.717) is 18.0 Å². The fraction of sp³-hybridized carbons (Fsp3) is 0.414. The SMILES string of the molecule is CC1(C)OB(c2cccc3ccc(C(=O)N4CCC(c5cccc(CN)c5)CC4)cc23)OC1(C)C. The largest absolute Gasteiger partial charge is 0.495 e. The zero-order chi connectivity index (χ0) is 24.8. The lowest BCUT2D eigenvalue weighted by atomic mass is 9.76. The van der Waals surface area contributed by atoms with Crippen molar-refractivity contribution in [2.24, 2.45) is 5.73 Å². The van der Waals surface area contributed by atoms with Crippen LogP contribution in [0.15, 0.2) is 60.7 Å². The molecule has 5 rings (SSSR count). The predicted molar refractivity (Wildman–Crippen MR) is 142 cm³/mol. The third-order valence-corrected chi connectivity index (χ3v) is 8.11. The fourth-order valence-electron chi connectivity index (χ4n) is 5.18. The molecule has 0 saturated carbocycles. The molecule has 0 radical (unpaired) electrons. The molecule has 0 aromatic heterocycles. The highest BCUT2D eigenvalue weighted by molar-refractivity contribution is 6.65. The molecule has 2 heterocycles. The molecule has 2 aliphatic heterocycles. The number of nitrogens with two attached hydrogens (primary N) is 1. The van der Waals surface area contributed by atoms with Gasteiger partial charge in [0.05, 0.1) is 11.2 Å². The molecule has 2 aliphatic rings. The van der Waals surface area contributed by atoms with Gasteiger partial charge in [0, 0.05) is 25.2 Å². The van der Waals surface area contributed by atoms with Gasteiger partial charge >= 0.3 is 7.12 Å². The summed E-state index contributed by atoms with van der Waals surface area (Å²) in [5.74, 6) is 0.557. The monoisotopic (exact) mass is 470 g/mol. The van der Waals surface area contributed by atoms with Crippen molar-refractivity contribution in [3.05, 3.63) is 77.4 Å². The third kappa shape index (κ3) is 4.51. The van der Waals surface area contributed by atoms with Crippen LogP contribution in [0.3, 0.4) is 0 Å². The molecule has 0 unspecified atom stereocenters. The maximum Gasteiger partial charge on any atom is 0.495 e. The molecule has 2 fully saturated rings. The van der Waals surface area contributed by atoms with E-state index in [4.69, 9.17) is 15.0 Å². The molecule has 6 heteroatoms. The Balaban J connectivity index is 1.35. The maximum absolute atomic E-state index is 13.5. The molecule has 182 valence electrons. The lowest BCUT2D eigenvalue weighted by Gasteiger charge is -2.32. The van der Waals surface area contributed by atoms with Crippen LogP contribution >= 0.6 is 0 Å². The molecule has 1 amide bonds. The molecule has 0 aliphatic carbocycles. The van der Waals surface area contributed by atoms with Gasteiger partial charge in [0.1, 0.15) is 0 Å². The first-order valence-corrected chi connectivity index (χ1v) is 12.6. The topological polar surface area (TPSA) is 64.8 Å². The van der Waals surface area contributed by atoms with Crippen molar-refractivity contribution in [1.82, 2.24) is 4.90 Å². The normalized spacial score (nSPS) is 19.9. The number of carbonyl (C=O) groups excluding carboxylic acids is 1. The van der Waals surface area contributed by atoms with Gasteiger partial charge in [-0.2, -0.15) is 0 Å². The van der Waals surface area contributed by atoms with Gasteiger partial charge in [0.15, 0.2) is 0 Å². The van der Waals surface area contributed by atoms with E-state index in [2.05, 4.69) is 58.0 Å².